The average Bonchev–Trinajstić information content (AvgIpc) is 2.87. The van der Waals surface area contributed by atoms with Crippen LogP contribution in [-0.4, -0.2) is 40.2 Å². The van der Waals surface area contributed by atoms with Gasteiger partial charge < -0.3 is 15.1 Å². The second kappa shape index (κ2) is 5.72. The van der Waals surface area contributed by atoms with Crippen molar-refractivity contribution < 1.29 is 15.0 Å². The van der Waals surface area contributed by atoms with Crippen LogP contribution in [0.5, 0.6) is 0 Å². The molecule has 0 saturated carbocycles. The van der Waals surface area contributed by atoms with Crippen LogP contribution >= 0.6 is 0 Å². The maximum Gasteiger partial charge on any atom is 0.226 e. The van der Waals surface area contributed by atoms with Gasteiger partial charge in [0.2, 0.25) is 5.91 Å². The molecule has 1 aliphatic rings. The summed E-state index contributed by atoms with van der Waals surface area (Å²) >= 11 is 0. The van der Waals surface area contributed by atoms with Crippen molar-refractivity contribution in [1.82, 2.24) is 4.90 Å². The van der Waals surface area contributed by atoms with Gasteiger partial charge >= 0.3 is 0 Å². The summed E-state index contributed by atoms with van der Waals surface area (Å²) in [5, 5.41) is 19.7. The minimum atomic E-state index is -1.17. The Bertz CT molecular complexity index is 430. The second-order valence-corrected chi connectivity index (χ2v) is 5.38. The van der Waals surface area contributed by atoms with Gasteiger partial charge in [0, 0.05) is 6.54 Å². The van der Waals surface area contributed by atoms with Gasteiger partial charge in [0.15, 0.2) is 0 Å². The van der Waals surface area contributed by atoms with Crippen LogP contribution in [0.1, 0.15) is 31.7 Å². The van der Waals surface area contributed by atoms with E-state index in [0.29, 0.717) is 6.54 Å². The number of rotatable bonds is 4. The van der Waals surface area contributed by atoms with E-state index in [-0.39, 0.29) is 25.0 Å². The van der Waals surface area contributed by atoms with Crippen LogP contribution in [0.25, 0.3) is 0 Å². The van der Waals surface area contributed by atoms with E-state index in [1.54, 1.807) is 11.8 Å². The molecule has 1 aliphatic heterocycles. The Balaban J connectivity index is 2.06. The van der Waals surface area contributed by atoms with Crippen molar-refractivity contribution in [2.75, 3.05) is 13.2 Å². The minimum absolute atomic E-state index is 0.000774. The van der Waals surface area contributed by atoms with Crippen LogP contribution in [0.4, 0.5) is 0 Å². The van der Waals surface area contributed by atoms with Crippen molar-refractivity contribution >= 4 is 5.91 Å². The molecule has 1 aromatic rings. The molecule has 0 unspecified atom stereocenters. The van der Waals surface area contributed by atoms with Crippen LogP contribution in [0, 0.1) is 0 Å². The van der Waals surface area contributed by atoms with E-state index in [2.05, 4.69) is 0 Å². The van der Waals surface area contributed by atoms with E-state index < -0.39 is 5.60 Å². The number of hydrogen-bond acceptors (Lipinski definition) is 3. The van der Waals surface area contributed by atoms with Gasteiger partial charge in [0.25, 0.3) is 0 Å². The zero-order valence-corrected chi connectivity index (χ0v) is 11.2. The molecule has 2 atom stereocenters. The molecular formula is C15H21NO3. The molecule has 1 heterocycles. The lowest BCUT2D eigenvalue weighted by atomic mass is 9.92. The van der Waals surface area contributed by atoms with Crippen LogP contribution in [0.15, 0.2) is 30.3 Å². The summed E-state index contributed by atoms with van der Waals surface area (Å²) in [5.74, 6) is -0.0922. The number of hydrogen-bond donors (Lipinski definition) is 2. The Hall–Kier alpha value is -1.39. The molecule has 19 heavy (non-hydrogen) atoms. The first kappa shape index (κ1) is 14.0. The quantitative estimate of drug-likeness (QED) is 0.860. The number of likely N-dealkylation sites (tertiary alicyclic amines) is 1. The van der Waals surface area contributed by atoms with Crippen LogP contribution in [-0.2, 0) is 10.4 Å². The molecule has 1 fully saturated rings. The van der Waals surface area contributed by atoms with Gasteiger partial charge in [-0.2, -0.15) is 0 Å². The summed E-state index contributed by atoms with van der Waals surface area (Å²) in [4.78, 5) is 14.0. The van der Waals surface area contributed by atoms with Gasteiger partial charge in [0.05, 0.1) is 24.7 Å². The van der Waals surface area contributed by atoms with E-state index in [9.17, 15) is 15.0 Å². The van der Waals surface area contributed by atoms with Gasteiger partial charge in [0.1, 0.15) is 0 Å². The maximum absolute atomic E-state index is 12.3. The van der Waals surface area contributed by atoms with Gasteiger partial charge in [-0.1, -0.05) is 30.3 Å². The van der Waals surface area contributed by atoms with Gasteiger partial charge in [-0.25, -0.2) is 0 Å². The predicted molar refractivity (Wildman–Crippen MR) is 72.5 cm³/mol. The fourth-order valence-corrected chi connectivity index (χ4v) is 2.65. The Labute approximate surface area is 113 Å². The first-order chi connectivity index (χ1) is 9.04. The van der Waals surface area contributed by atoms with Crippen LogP contribution in [0.2, 0.25) is 0 Å². The van der Waals surface area contributed by atoms with E-state index in [4.69, 9.17) is 0 Å². The summed E-state index contributed by atoms with van der Waals surface area (Å²) < 4.78 is 0. The molecule has 4 nitrogen and oxygen atoms in total. The molecule has 1 amide bonds. The summed E-state index contributed by atoms with van der Waals surface area (Å²) in [5.41, 5.74) is -0.427. The number of nitrogens with zero attached hydrogens (tertiary/aromatic N) is 1. The van der Waals surface area contributed by atoms with E-state index in [1.165, 1.54) is 0 Å². The first-order valence-electron chi connectivity index (χ1n) is 6.73. The molecule has 2 N–H and O–H groups in total. The molecule has 1 aromatic carbocycles. The standard InChI is InChI=1S/C15H21NO3/c1-15(19,12-6-3-2-4-7-12)10-14(18)16-9-5-8-13(16)11-17/h2-4,6-7,13,17,19H,5,8-11H2,1H3/t13-,15+/m1/s1. The zero-order chi connectivity index (χ0) is 13.9. The molecule has 0 bridgehead atoms. The second-order valence-electron chi connectivity index (χ2n) is 5.38. The van der Waals surface area contributed by atoms with Crippen molar-refractivity contribution in [2.24, 2.45) is 0 Å². The molecule has 4 heteroatoms. The van der Waals surface area contributed by atoms with Crippen molar-refractivity contribution in [3.05, 3.63) is 35.9 Å². The smallest absolute Gasteiger partial charge is 0.226 e. The van der Waals surface area contributed by atoms with Crippen molar-refractivity contribution in [1.29, 1.82) is 0 Å². The third kappa shape index (κ3) is 3.14. The monoisotopic (exact) mass is 263 g/mol. The molecule has 0 radical (unpaired) electrons. The Morgan fingerprint density at radius 3 is 2.74 bits per heavy atom. The molecule has 0 aromatic heterocycles. The number of amides is 1. The fourth-order valence-electron chi connectivity index (χ4n) is 2.65. The third-order valence-electron chi connectivity index (χ3n) is 3.80. The van der Waals surface area contributed by atoms with Gasteiger partial charge in [-0.3, -0.25) is 4.79 Å². The predicted octanol–water partition coefficient (Wildman–Crippen LogP) is 1.27. The number of benzene rings is 1. The van der Waals surface area contributed by atoms with Gasteiger partial charge in [-0.15, -0.1) is 0 Å². The highest BCUT2D eigenvalue weighted by Crippen LogP contribution is 2.27. The van der Waals surface area contributed by atoms with E-state index >= 15 is 0 Å². The summed E-state index contributed by atoms with van der Waals surface area (Å²) in [7, 11) is 0. The number of carbonyl (C=O) groups is 1. The zero-order valence-electron chi connectivity index (χ0n) is 11.2. The molecule has 2 rings (SSSR count). The lowest BCUT2D eigenvalue weighted by molar-refractivity contribution is -0.137. The highest BCUT2D eigenvalue weighted by molar-refractivity contribution is 5.78. The lowest BCUT2D eigenvalue weighted by Gasteiger charge is -2.29. The van der Waals surface area contributed by atoms with Crippen LogP contribution < -0.4 is 0 Å². The maximum atomic E-state index is 12.3. The molecule has 104 valence electrons. The normalized spacial score (nSPS) is 22.3. The number of aliphatic hydroxyl groups excluding tert-OH is 1. The average molecular weight is 263 g/mol. The topological polar surface area (TPSA) is 60.8 Å². The highest BCUT2D eigenvalue weighted by Gasteiger charge is 2.33. The van der Waals surface area contributed by atoms with Crippen molar-refractivity contribution in [2.45, 2.75) is 37.8 Å². The summed E-state index contributed by atoms with van der Waals surface area (Å²) in [6.45, 7) is 2.33. The first-order valence-corrected chi connectivity index (χ1v) is 6.73. The molecule has 0 spiro atoms. The summed E-state index contributed by atoms with van der Waals surface area (Å²) in [6.07, 6.45) is 1.81. The molecule has 0 aliphatic carbocycles. The number of aliphatic hydroxyl groups is 2. The largest absolute Gasteiger partial charge is 0.394 e. The third-order valence-corrected chi connectivity index (χ3v) is 3.80. The number of carbonyl (C=O) groups excluding carboxylic acids is 1. The Morgan fingerprint density at radius 1 is 1.42 bits per heavy atom. The fraction of sp³-hybridized carbons (Fsp3) is 0.533. The van der Waals surface area contributed by atoms with Crippen LogP contribution in [0.3, 0.4) is 0 Å². The molecular weight excluding hydrogens is 242 g/mol. The lowest BCUT2D eigenvalue weighted by Crippen LogP contribution is -2.41. The highest BCUT2D eigenvalue weighted by atomic mass is 16.3. The van der Waals surface area contributed by atoms with E-state index in [0.717, 1.165) is 18.4 Å². The Morgan fingerprint density at radius 2 is 2.11 bits per heavy atom. The van der Waals surface area contributed by atoms with Crippen molar-refractivity contribution in [3.63, 3.8) is 0 Å². The van der Waals surface area contributed by atoms with Crippen molar-refractivity contribution in [3.8, 4) is 0 Å². The summed E-state index contributed by atoms with van der Waals surface area (Å²) in [6, 6.07) is 9.13. The Kier molecular flexibility index (Phi) is 4.22. The van der Waals surface area contributed by atoms with Gasteiger partial charge in [-0.05, 0) is 25.3 Å². The minimum Gasteiger partial charge on any atom is -0.394 e. The van der Waals surface area contributed by atoms with E-state index in [1.807, 2.05) is 30.3 Å². The molecule has 1 saturated heterocycles. The SMILES string of the molecule is C[C@](O)(CC(=O)N1CCC[C@@H]1CO)c1ccccc1.